The summed E-state index contributed by atoms with van der Waals surface area (Å²) in [4.78, 5) is 11.6. The van der Waals surface area contributed by atoms with Crippen molar-refractivity contribution in [3.05, 3.63) is 29.3 Å². The molecule has 0 aliphatic carbocycles. The van der Waals surface area contributed by atoms with Crippen molar-refractivity contribution < 1.29 is 14.6 Å². The summed E-state index contributed by atoms with van der Waals surface area (Å²) >= 11 is 0. The van der Waals surface area contributed by atoms with Crippen molar-refractivity contribution in [3.8, 4) is 5.75 Å². The molecule has 0 fully saturated rings. The Morgan fingerprint density at radius 3 is 2.35 bits per heavy atom. The molecule has 1 aromatic rings. The Hall–Kier alpha value is -1.51. The molecule has 94 valence electrons. The maximum absolute atomic E-state index is 11.6. The van der Waals surface area contributed by atoms with Crippen LogP contribution in [0.25, 0.3) is 0 Å². The summed E-state index contributed by atoms with van der Waals surface area (Å²) in [5.74, 6) is -0.131. The van der Waals surface area contributed by atoms with Crippen LogP contribution in [-0.2, 0) is 10.2 Å². The number of rotatable bonds is 5. The average molecular weight is 236 g/mol. The molecule has 0 unspecified atom stereocenters. The average Bonchev–Trinajstić information content (AvgIpc) is 2.31. The highest BCUT2D eigenvalue weighted by Gasteiger charge is 2.39. The predicted molar refractivity (Wildman–Crippen MR) is 67.6 cm³/mol. The van der Waals surface area contributed by atoms with E-state index in [0.717, 1.165) is 11.1 Å². The molecule has 17 heavy (non-hydrogen) atoms. The molecule has 0 heterocycles. The fraction of sp³-hybridized carbons (Fsp3) is 0.500. The molecule has 0 aromatic heterocycles. The zero-order chi connectivity index (χ0) is 13.1. The van der Waals surface area contributed by atoms with Gasteiger partial charge in [0.05, 0.1) is 12.5 Å². The maximum Gasteiger partial charge on any atom is 0.314 e. The molecule has 0 saturated heterocycles. The Balaban J connectivity index is 3.46. The number of carbonyl (C=O) groups is 1. The Morgan fingerprint density at radius 2 is 1.94 bits per heavy atom. The molecule has 0 spiro atoms. The third-order valence-corrected chi connectivity index (χ3v) is 3.49. The van der Waals surface area contributed by atoms with Crippen LogP contribution in [0.3, 0.4) is 0 Å². The highest BCUT2D eigenvalue weighted by Crippen LogP contribution is 2.38. The van der Waals surface area contributed by atoms with Gasteiger partial charge >= 0.3 is 5.97 Å². The SMILES string of the molecule is CCC(CC)(C(=O)O)c1cc(C)ccc1OC. The van der Waals surface area contributed by atoms with Gasteiger partial charge in [0.2, 0.25) is 0 Å². The van der Waals surface area contributed by atoms with E-state index in [1.54, 1.807) is 7.11 Å². The van der Waals surface area contributed by atoms with Crippen molar-refractivity contribution in [1.29, 1.82) is 0 Å². The van der Waals surface area contributed by atoms with E-state index >= 15 is 0 Å². The summed E-state index contributed by atoms with van der Waals surface area (Å²) in [5.41, 5.74) is 0.975. The number of aryl methyl sites for hydroxylation is 1. The second-order valence-corrected chi connectivity index (χ2v) is 4.30. The summed E-state index contributed by atoms with van der Waals surface area (Å²) in [7, 11) is 1.58. The minimum Gasteiger partial charge on any atom is -0.496 e. The van der Waals surface area contributed by atoms with Crippen molar-refractivity contribution in [2.45, 2.75) is 39.0 Å². The molecule has 1 N–H and O–H groups in total. The molecule has 3 nitrogen and oxygen atoms in total. The van der Waals surface area contributed by atoms with Crippen LogP contribution < -0.4 is 4.74 Å². The van der Waals surface area contributed by atoms with Crippen LogP contribution in [0.2, 0.25) is 0 Å². The lowest BCUT2D eigenvalue weighted by Crippen LogP contribution is -2.35. The zero-order valence-corrected chi connectivity index (χ0v) is 10.9. The quantitative estimate of drug-likeness (QED) is 0.854. The molecular formula is C14H20O3. The Bertz CT molecular complexity index is 406. The van der Waals surface area contributed by atoms with E-state index < -0.39 is 11.4 Å². The molecule has 3 heteroatoms. The topological polar surface area (TPSA) is 46.5 Å². The van der Waals surface area contributed by atoms with Crippen molar-refractivity contribution in [2.24, 2.45) is 0 Å². The van der Waals surface area contributed by atoms with E-state index in [-0.39, 0.29) is 0 Å². The van der Waals surface area contributed by atoms with Crippen LogP contribution in [0.1, 0.15) is 37.8 Å². The minimum absolute atomic E-state index is 0.554. The van der Waals surface area contributed by atoms with Crippen LogP contribution >= 0.6 is 0 Å². The lowest BCUT2D eigenvalue weighted by atomic mass is 9.75. The standard InChI is InChI=1S/C14H20O3/c1-5-14(6-2,13(15)16)11-9-10(3)7-8-12(11)17-4/h7-9H,5-6H2,1-4H3,(H,15,16). The molecule has 0 amide bonds. The van der Waals surface area contributed by atoms with Gasteiger partial charge in [0, 0.05) is 5.56 Å². The molecule has 0 atom stereocenters. The van der Waals surface area contributed by atoms with E-state index in [0.29, 0.717) is 18.6 Å². The van der Waals surface area contributed by atoms with Gasteiger partial charge in [-0.1, -0.05) is 31.5 Å². The van der Waals surface area contributed by atoms with E-state index in [1.165, 1.54) is 0 Å². The molecule has 0 bridgehead atoms. The van der Waals surface area contributed by atoms with Gasteiger partial charge in [0.1, 0.15) is 5.75 Å². The van der Waals surface area contributed by atoms with Crippen molar-refractivity contribution in [3.63, 3.8) is 0 Å². The first kappa shape index (κ1) is 13.6. The summed E-state index contributed by atoms with van der Waals surface area (Å²) in [6.07, 6.45) is 1.11. The number of hydrogen-bond acceptors (Lipinski definition) is 2. The zero-order valence-electron chi connectivity index (χ0n) is 10.9. The second-order valence-electron chi connectivity index (χ2n) is 4.30. The Labute approximate surface area is 102 Å². The predicted octanol–water partition coefficient (Wildman–Crippen LogP) is 3.15. The van der Waals surface area contributed by atoms with Crippen molar-refractivity contribution in [1.82, 2.24) is 0 Å². The molecule has 1 rings (SSSR count). The van der Waals surface area contributed by atoms with Gasteiger partial charge in [-0.05, 0) is 25.8 Å². The second kappa shape index (κ2) is 5.21. The maximum atomic E-state index is 11.6. The van der Waals surface area contributed by atoms with Crippen molar-refractivity contribution >= 4 is 5.97 Å². The Morgan fingerprint density at radius 1 is 1.35 bits per heavy atom. The minimum atomic E-state index is -0.850. The van der Waals surface area contributed by atoms with Gasteiger partial charge in [0.25, 0.3) is 0 Å². The number of aliphatic carboxylic acids is 1. The third kappa shape index (κ3) is 2.28. The number of methoxy groups -OCH3 is 1. The van der Waals surface area contributed by atoms with E-state index in [4.69, 9.17) is 4.74 Å². The summed E-state index contributed by atoms with van der Waals surface area (Å²) < 4.78 is 5.30. The third-order valence-electron chi connectivity index (χ3n) is 3.49. The number of hydrogen-bond donors (Lipinski definition) is 1. The van der Waals surface area contributed by atoms with Gasteiger partial charge in [-0.15, -0.1) is 0 Å². The van der Waals surface area contributed by atoms with Gasteiger partial charge < -0.3 is 9.84 Å². The summed E-state index contributed by atoms with van der Waals surface area (Å²) in [5, 5.41) is 9.53. The fourth-order valence-electron chi connectivity index (χ4n) is 2.24. The number of carboxylic acid groups (broad SMARTS) is 1. The van der Waals surface area contributed by atoms with Gasteiger partial charge in [-0.25, -0.2) is 0 Å². The van der Waals surface area contributed by atoms with E-state index in [9.17, 15) is 9.90 Å². The lowest BCUT2D eigenvalue weighted by molar-refractivity contribution is -0.144. The van der Waals surface area contributed by atoms with Crippen LogP contribution in [0.5, 0.6) is 5.75 Å². The monoisotopic (exact) mass is 236 g/mol. The summed E-state index contributed by atoms with van der Waals surface area (Å²) in [6, 6.07) is 5.69. The smallest absolute Gasteiger partial charge is 0.314 e. The molecule has 0 saturated carbocycles. The van der Waals surface area contributed by atoms with Gasteiger partial charge in [0.15, 0.2) is 0 Å². The lowest BCUT2D eigenvalue weighted by Gasteiger charge is -2.29. The number of carboxylic acids is 1. The Kier molecular flexibility index (Phi) is 4.16. The molecule has 0 aliphatic heterocycles. The molecule has 0 aliphatic rings. The van der Waals surface area contributed by atoms with E-state index in [2.05, 4.69) is 0 Å². The number of benzene rings is 1. The van der Waals surface area contributed by atoms with Crippen LogP contribution in [0.4, 0.5) is 0 Å². The summed E-state index contributed by atoms with van der Waals surface area (Å²) in [6.45, 7) is 5.76. The van der Waals surface area contributed by atoms with E-state index in [1.807, 2.05) is 39.0 Å². The van der Waals surface area contributed by atoms with Crippen LogP contribution in [0.15, 0.2) is 18.2 Å². The van der Waals surface area contributed by atoms with Crippen LogP contribution in [0, 0.1) is 6.92 Å². The first-order valence-electron chi connectivity index (χ1n) is 5.90. The normalized spacial score (nSPS) is 11.3. The first-order chi connectivity index (χ1) is 8.01. The molecular weight excluding hydrogens is 216 g/mol. The number of ether oxygens (including phenoxy) is 1. The highest BCUT2D eigenvalue weighted by atomic mass is 16.5. The first-order valence-corrected chi connectivity index (χ1v) is 5.90. The molecule has 1 aromatic carbocycles. The van der Waals surface area contributed by atoms with Gasteiger partial charge in [-0.2, -0.15) is 0 Å². The molecule has 0 radical (unpaired) electrons. The largest absolute Gasteiger partial charge is 0.496 e. The van der Waals surface area contributed by atoms with Crippen LogP contribution in [-0.4, -0.2) is 18.2 Å². The fourth-order valence-corrected chi connectivity index (χ4v) is 2.24. The highest BCUT2D eigenvalue weighted by molar-refractivity contribution is 5.82. The van der Waals surface area contributed by atoms with Crippen molar-refractivity contribution in [2.75, 3.05) is 7.11 Å². The van der Waals surface area contributed by atoms with Gasteiger partial charge in [-0.3, -0.25) is 4.79 Å².